The molecule has 1 aromatic carbocycles. The number of thiocarbonyl (C=S) groups is 1. The fourth-order valence-electron chi connectivity index (χ4n) is 1.39. The van der Waals surface area contributed by atoms with Crippen molar-refractivity contribution >= 4 is 34.8 Å². The lowest BCUT2D eigenvalue weighted by Gasteiger charge is -2.21. The van der Waals surface area contributed by atoms with Crippen molar-refractivity contribution in [3.05, 3.63) is 34.9 Å². The Hall–Kier alpha value is -1.13. The van der Waals surface area contributed by atoms with Gasteiger partial charge in [-0.3, -0.25) is 10.1 Å². The van der Waals surface area contributed by atoms with Crippen molar-refractivity contribution < 1.29 is 4.79 Å². The minimum atomic E-state index is -0.232. The second kappa shape index (κ2) is 6.57. The van der Waals surface area contributed by atoms with E-state index in [4.69, 9.17) is 23.8 Å². The van der Waals surface area contributed by atoms with Gasteiger partial charge in [-0.1, -0.05) is 17.7 Å². The second-order valence-corrected chi connectivity index (χ2v) is 4.27. The molecule has 92 valence electrons. The Morgan fingerprint density at radius 3 is 2.59 bits per heavy atom. The van der Waals surface area contributed by atoms with Crippen molar-refractivity contribution in [2.45, 2.75) is 13.8 Å². The van der Waals surface area contributed by atoms with Gasteiger partial charge in [0.1, 0.15) is 0 Å². The van der Waals surface area contributed by atoms with E-state index in [1.54, 1.807) is 24.3 Å². The monoisotopic (exact) mass is 270 g/mol. The molecule has 0 atom stereocenters. The van der Waals surface area contributed by atoms with E-state index in [9.17, 15) is 4.79 Å². The number of rotatable bonds is 3. The van der Waals surface area contributed by atoms with Gasteiger partial charge in [0.2, 0.25) is 0 Å². The quantitative estimate of drug-likeness (QED) is 0.857. The molecule has 0 aliphatic heterocycles. The van der Waals surface area contributed by atoms with Crippen LogP contribution in [-0.2, 0) is 0 Å². The molecule has 0 radical (unpaired) electrons. The third-order valence-corrected chi connectivity index (χ3v) is 2.95. The molecule has 0 saturated carbocycles. The molecule has 17 heavy (non-hydrogen) atoms. The first-order valence-electron chi connectivity index (χ1n) is 5.44. The molecular weight excluding hydrogens is 256 g/mol. The summed E-state index contributed by atoms with van der Waals surface area (Å²) in [4.78, 5) is 13.8. The van der Waals surface area contributed by atoms with Crippen LogP contribution in [0.3, 0.4) is 0 Å². The topological polar surface area (TPSA) is 32.3 Å². The smallest absolute Gasteiger partial charge is 0.257 e. The number of nitrogens with zero attached hydrogens (tertiary/aromatic N) is 1. The summed E-state index contributed by atoms with van der Waals surface area (Å²) in [5.41, 5.74) is 0.506. The number of hydrogen-bond donors (Lipinski definition) is 1. The summed E-state index contributed by atoms with van der Waals surface area (Å²) in [5.74, 6) is -0.232. The average molecular weight is 271 g/mol. The van der Waals surface area contributed by atoms with E-state index in [-0.39, 0.29) is 5.91 Å². The maximum absolute atomic E-state index is 11.9. The highest BCUT2D eigenvalue weighted by Gasteiger charge is 2.11. The van der Waals surface area contributed by atoms with Crippen molar-refractivity contribution in [1.82, 2.24) is 10.2 Å². The van der Waals surface area contributed by atoms with Crippen LogP contribution in [0.4, 0.5) is 0 Å². The highest BCUT2D eigenvalue weighted by Crippen LogP contribution is 2.10. The predicted molar refractivity (Wildman–Crippen MR) is 74.4 cm³/mol. The molecule has 0 saturated heterocycles. The highest BCUT2D eigenvalue weighted by atomic mass is 35.5. The normalized spacial score (nSPS) is 9.82. The molecule has 0 aliphatic carbocycles. The van der Waals surface area contributed by atoms with Crippen LogP contribution in [0.1, 0.15) is 24.2 Å². The van der Waals surface area contributed by atoms with Crippen LogP contribution in [0.2, 0.25) is 5.02 Å². The first-order chi connectivity index (χ1) is 8.08. The van der Waals surface area contributed by atoms with Crippen molar-refractivity contribution in [3.8, 4) is 0 Å². The minimum absolute atomic E-state index is 0.232. The largest absolute Gasteiger partial charge is 0.350 e. The molecule has 1 N–H and O–H groups in total. The van der Waals surface area contributed by atoms with Crippen LogP contribution in [0.5, 0.6) is 0 Å². The number of carbonyl (C=O) groups is 1. The number of amides is 1. The van der Waals surface area contributed by atoms with E-state index in [1.165, 1.54) is 0 Å². The molecule has 0 spiro atoms. The van der Waals surface area contributed by atoms with Crippen LogP contribution in [0, 0.1) is 0 Å². The zero-order valence-electron chi connectivity index (χ0n) is 9.87. The average Bonchev–Trinajstić information content (AvgIpc) is 2.30. The van der Waals surface area contributed by atoms with Gasteiger partial charge in [-0.25, -0.2) is 0 Å². The fourth-order valence-corrected chi connectivity index (χ4v) is 1.93. The maximum atomic E-state index is 11.9. The van der Waals surface area contributed by atoms with Gasteiger partial charge in [0, 0.05) is 23.7 Å². The van der Waals surface area contributed by atoms with Gasteiger partial charge in [-0.2, -0.15) is 0 Å². The van der Waals surface area contributed by atoms with Gasteiger partial charge >= 0.3 is 0 Å². The van der Waals surface area contributed by atoms with Gasteiger partial charge in [-0.15, -0.1) is 0 Å². The lowest BCUT2D eigenvalue weighted by atomic mass is 10.2. The summed E-state index contributed by atoms with van der Waals surface area (Å²) in [5, 5.41) is 3.66. The van der Waals surface area contributed by atoms with Gasteiger partial charge in [0.05, 0.1) is 0 Å². The molecule has 0 unspecified atom stereocenters. The SMILES string of the molecule is CCN(CC)C(=S)NC(=O)c1cccc(Cl)c1. The standard InChI is InChI=1S/C12H15ClN2OS/c1-3-15(4-2)12(17)14-11(16)9-6-5-7-10(13)8-9/h5-8H,3-4H2,1-2H3,(H,14,16,17). The first kappa shape index (κ1) is 13.9. The van der Waals surface area contributed by atoms with Crippen molar-refractivity contribution in [2.24, 2.45) is 0 Å². The molecule has 0 aromatic heterocycles. The lowest BCUT2D eigenvalue weighted by Crippen LogP contribution is -2.42. The summed E-state index contributed by atoms with van der Waals surface area (Å²) in [6, 6.07) is 6.77. The van der Waals surface area contributed by atoms with E-state index < -0.39 is 0 Å². The summed E-state index contributed by atoms with van der Waals surface area (Å²) < 4.78 is 0. The summed E-state index contributed by atoms with van der Waals surface area (Å²) in [6.07, 6.45) is 0. The third-order valence-electron chi connectivity index (χ3n) is 2.36. The van der Waals surface area contributed by atoms with Crippen LogP contribution in [-0.4, -0.2) is 29.0 Å². The molecule has 1 aromatic rings. The van der Waals surface area contributed by atoms with Gasteiger partial charge in [0.15, 0.2) is 5.11 Å². The molecule has 0 heterocycles. The molecule has 0 bridgehead atoms. The number of halogens is 1. The maximum Gasteiger partial charge on any atom is 0.257 e. The van der Waals surface area contributed by atoms with Crippen molar-refractivity contribution in [1.29, 1.82) is 0 Å². The van der Waals surface area contributed by atoms with Crippen LogP contribution in [0.25, 0.3) is 0 Å². The molecule has 5 heteroatoms. The van der Waals surface area contributed by atoms with Gasteiger partial charge in [0.25, 0.3) is 5.91 Å². The summed E-state index contributed by atoms with van der Waals surface area (Å²) >= 11 is 11.0. The van der Waals surface area contributed by atoms with Crippen LogP contribution >= 0.6 is 23.8 Å². The molecular formula is C12H15ClN2OS. The molecule has 0 aliphatic rings. The Morgan fingerprint density at radius 1 is 1.41 bits per heavy atom. The molecule has 0 fully saturated rings. The zero-order chi connectivity index (χ0) is 12.8. The van der Waals surface area contributed by atoms with E-state index in [2.05, 4.69) is 5.32 Å². The van der Waals surface area contributed by atoms with E-state index >= 15 is 0 Å². The summed E-state index contributed by atoms with van der Waals surface area (Å²) in [6.45, 7) is 5.51. The number of benzene rings is 1. The Kier molecular flexibility index (Phi) is 5.38. The Labute approximate surface area is 112 Å². The predicted octanol–water partition coefficient (Wildman–Crippen LogP) is 2.70. The fraction of sp³-hybridized carbons (Fsp3) is 0.333. The number of nitrogens with one attached hydrogen (secondary N) is 1. The van der Waals surface area contributed by atoms with Crippen LogP contribution < -0.4 is 5.32 Å². The Bertz CT molecular complexity index is 419. The van der Waals surface area contributed by atoms with E-state index in [0.717, 1.165) is 13.1 Å². The Morgan fingerprint density at radius 2 is 2.06 bits per heavy atom. The zero-order valence-corrected chi connectivity index (χ0v) is 11.4. The van der Waals surface area contributed by atoms with Crippen molar-refractivity contribution in [2.75, 3.05) is 13.1 Å². The lowest BCUT2D eigenvalue weighted by molar-refractivity contribution is 0.0973. The van der Waals surface area contributed by atoms with E-state index in [1.807, 2.05) is 18.7 Å². The third kappa shape index (κ3) is 3.98. The Balaban J connectivity index is 2.70. The van der Waals surface area contributed by atoms with Crippen LogP contribution in [0.15, 0.2) is 24.3 Å². The highest BCUT2D eigenvalue weighted by molar-refractivity contribution is 7.80. The molecule has 1 amide bonds. The number of hydrogen-bond acceptors (Lipinski definition) is 2. The second-order valence-electron chi connectivity index (χ2n) is 3.44. The molecule has 1 rings (SSSR count). The number of carbonyl (C=O) groups excluding carboxylic acids is 1. The van der Waals surface area contributed by atoms with E-state index in [0.29, 0.717) is 15.7 Å². The molecule has 3 nitrogen and oxygen atoms in total. The van der Waals surface area contributed by atoms with Gasteiger partial charge in [-0.05, 0) is 44.3 Å². The van der Waals surface area contributed by atoms with Gasteiger partial charge < -0.3 is 4.90 Å². The van der Waals surface area contributed by atoms with Crippen molar-refractivity contribution in [3.63, 3.8) is 0 Å². The minimum Gasteiger partial charge on any atom is -0.350 e. The summed E-state index contributed by atoms with van der Waals surface area (Å²) in [7, 11) is 0. The first-order valence-corrected chi connectivity index (χ1v) is 6.23.